The van der Waals surface area contributed by atoms with Crippen molar-refractivity contribution in [1.82, 2.24) is 10.6 Å². The summed E-state index contributed by atoms with van der Waals surface area (Å²) in [4.78, 5) is 11.1. The second-order valence-electron chi connectivity index (χ2n) is 4.54. The molecule has 3 N–H and O–H groups in total. The molecule has 1 aliphatic rings. The SMILES string of the molecule is COc1cc(Cl)cc(CNC2CCC(=O)NC2)c1O. The van der Waals surface area contributed by atoms with E-state index in [0.717, 1.165) is 6.42 Å². The van der Waals surface area contributed by atoms with Gasteiger partial charge in [-0.15, -0.1) is 0 Å². The van der Waals surface area contributed by atoms with E-state index in [9.17, 15) is 9.90 Å². The Morgan fingerprint density at radius 2 is 2.37 bits per heavy atom. The van der Waals surface area contributed by atoms with Crippen molar-refractivity contribution in [3.63, 3.8) is 0 Å². The lowest BCUT2D eigenvalue weighted by atomic mass is 10.1. The van der Waals surface area contributed by atoms with Crippen molar-refractivity contribution in [2.24, 2.45) is 0 Å². The van der Waals surface area contributed by atoms with E-state index in [1.165, 1.54) is 7.11 Å². The molecule has 0 saturated carbocycles. The number of aromatic hydroxyl groups is 1. The van der Waals surface area contributed by atoms with Crippen LogP contribution in [0, 0.1) is 0 Å². The molecule has 1 aromatic carbocycles. The topological polar surface area (TPSA) is 70.6 Å². The molecule has 5 nitrogen and oxygen atoms in total. The van der Waals surface area contributed by atoms with Crippen LogP contribution in [0.25, 0.3) is 0 Å². The van der Waals surface area contributed by atoms with Gasteiger partial charge in [-0.1, -0.05) is 11.6 Å². The molecule has 1 aromatic rings. The minimum atomic E-state index is 0.0883. The molecule has 0 aromatic heterocycles. The molecule has 1 amide bonds. The molecule has 0 aliphatic carbocycles. The zero-order valence-electron chi connectivity index (χ0n) is 10.7. The summed E-state index contributed by atoms with van der Waals surface area (Å²) in [7, 11) is 1.49. The largest absolute Gasteiger partial charge is 0.504 e. The number of piperidine rings is 1. The monoisotopic (exact) mass is 284 g/mol. The number of halogens is 1. The van der Waals surface area contributed by atoms with Crippen LogP contribution in [-0.4, -0.2) is 30.7 Å². The summed E-state index contributed by atoms with van der Waals surface area (Å²) in [6, 6.07) is 3.48. The van der Waals surface area contributed by atoms with Crippen LogP contribution in [0.15, 0.2) is 12.1 Å². The summed E-state index contributed by atoms with van der Waals surface area (Å²) in [5, 5.41) is 16.6. The zero-order chi connectivity index (χ0) is 13.8. The van der Waals surface area contributed by atoms with Gasteiger partial charge in [0.15, 0.2) is 11.5 Å². The van der Waals surface area contributed by atoms with Gasteiger partial charge in [-0.3, -0.25) is 4.79 Å². The molecule has 1 atom stereocenters. The second-order valence-corrected chi connectivity index (χ2v) is 4.97. The fraction of sp³-hybridized carbons (Fsp3) is 0.462. The first-order chi connectivity index (χ1) is 9.10. The highest BCUT2D eigenvalue weighted by molar-refractivity contribution is 6.30. The van der Waals surface area contributed by atoms with Crippen LogP contribution < -0.4 is 15.4 Å². The Bertz CT molecular complexity index is 469. The van der Waals surface area contributed by atoms with Gasteiger partial charge in [0.05, 0.1) is 7.11 Å². The third kappa shape index (κ3) is 3.52. The first kappa shape index (κ1) is 14.0. The number of amides is 1. The van der Waals surface area contributed by atoms with E-state index in [2.05, 4.69) is 10.6 Å². The van der Waals surface area contributed by atoms with Crippen LogP contribution in [0.1, 0.15) is 18.4 Å². The van der Waals surface area contributed by atoms with Gasteiger partial charge in [0.2, 0.25) is 5.91 Å². The lowest BCUT2D eigenvalue weighted by Crippen LogP contribution is -2.45. The summed E-state index contributed by atoms with van der Waals surface area (Å²) in [6.07, 6.45) is 1.33. The molecule has 0 bridgehead atoms. The third-order valence-electron chi connectivity index (χ3n) is 3.19. The number of carbonyl (C=O) groups excluding carboxylic acids is 1. The summed E-state index contributed by atoms with van der Waals surface area (Å²) in [5.74, 6) is 0.547. The van der Waals surface area contributed by atoms with Crippen molar-refractivity contribution < 1.29 is 14.6 Å². The zero-order valence-corrected chi connectivity index (χ0v) is 11.5. The number of hydrogen-bond donors (Lipinski definition) is 3. The summed E-state index contributed by atoms with van der Waals surface area (Å²) in [6.45, 7) is 1.08. The Morgan fingerprint density at radius 1 is 1.58 bits per heavy atom. The highest BCUT2D eigenvalue weighted by Gasteiger charge is 2.18. The maximum absolute atomic E-state index is 11.1. The lowest BCUT2D eigenvalue weighted by Gasteiger charge is -2.24. The van der Waals surface area contributed by atoms with Crippen molar-refractivity contribution in [2.75, 3.05) is 13.7 Å². The number of carbonyl (C=O) groups is 1. The molecule has 0 spiro atoms. The van der Waals surface area contributed by atoms with Crippen LogP contribution in [0.2, 0.25) is 5.02 Å². The van der Waals surface area contributed by atoms with E-state index in [1.54, 1.807) is 12.1 Å². The summed E-state index contributed by atoms with van der Waals surface area (Å²) in [5.41, 5.74) is 0.682. The molecule has 0 radical (unpaired) electrons. The fourth-order valence-electron chi connectivity index (χ4n) is 2.08. The van der Waals surface area contributed by atoms with Gasteiger partial charge in [-0.05, 0) is 12.5 Å². The maximum Gasteiger partial charge on any atom is 0.220 e. The number of nitrogens with one attached hydrogen (secondary N) is 2. The van der Waals surface area contributed by atoms with Crippen molar-refractivity contribution in [3.05, 3.63) is 22.7 Å². The number of phenolic OH excluding ortho intramolecular Hbond substituents is 1. The van der Waals surface area contributed by atoms with Gasteiger partial charge in [-0.25, -0.2) is 0 Å². The molecule has 6 heteroatoms. The average molecular weight is 285 g/mol. The van der Waals surface area contributed by atoms with Gasteiger partial charge in [-0.2, -0.15) is 0 Å². The van der Waals surface area contributed by atoms with Gasteiger partial charge < -0.3 is 20.5 Å². The van der Waals surface area contributed by atoms with Crippen LogP contribution in [0.4, 0.5) is 0 Å². The number of hydrogen-bond acceptors (Lipinski definition) is 4. The molecular weight excluding hydrogens is 268 g/mol. The number of rotatable bonds is 4. The molecule has 1 saturated heterocycles. The molecule has 1 fully saturated rings. The minimum Gasteiger partial charge on any atom is -0.504 e. The van der Waals surface area contributed by atoms with E-state index in [-0.39, 0.29) is 17.7 Å². The number of methoxy groups -OCH3 is 1. The lowest BCUT2D eigenvalue weighted by molar-refractivity contribution is -0.122. The Kier molecular flexibility index (Phi) is 4.50. The molecule has 19 heavy (non-hydrogen) atoms. The number of benzene rings is 1. The first-order valence-electron chi connectivity index (χ1n) is 6.15. The van der Waals surface area contributed by atoms with E-state index >= 15 is 0 Å². The molecule has 104 valence electrons. The second kappa shape index (κ2) is 6.12. The van der Waals surface area contributed by atoms with Crippen LogP contribution in [0.3, 0.4) is 0 Å². The summed E-state index contributed by atoms with van der Waals surface area (Å²) >= 11 is 5.97. The smallest absolute Gasteiger partial charge is 0.220 e. The fourth-order valence-corrected chi connectivity index (χ4v) is 2.31. The molecular formula is C13H17ClN2O3. The van der Waals surface area contributed by atoms with E-state index in [0.29, 0.717) is 35.8 Å². The van der Waals surface area contributed by atoms with E-state index in [4.69, 9.17) is 16.3 Å². The van der Waals surface area contributed by atoms with E-state index < -0.39 is 0 Å². The van der Waals surface area contributed by atoms with Gasteiger partial charge in [0.25, 0.3) is 0 Å². The minimum absolute atomic E-state index is 0.0883. The predicted octanol–water partition coefficient (Wildman–Crippen LogP) is 1.42. The highest BCUT2D eigenvalue weighted by atomic mass is 35.5. The quantitative estimate of drug-likeness (QED) is 0.782. The van der Waals surface area contributed by atoms with Crippen LogP contribution in [0.5, 0.6) is 11.5 Å². The normalized spacial score (nSPS) is 19.1. The standard InChI is InChI=1S/C13H17ClN2O3/c1-19-11-5-9(14)4-8(13(11)18)6-15-10-2-3-12(17)16-7-10/h4-5,10,15,18H,2-3,6-7H2,1H3,(H,16,17). The molecule has 1 aliphatic heterocycles. The predicted molar refractivity (Wildman–Crippen MR) is 72.5 cm³/mol. The Labute approximate surface area is 116 Å². The Hall–Kier alpha value is -1.46. The van der Waals surface area contributed by atoms with Crippen molar-refractivity contribution >= 4 is 17.5 Å². The highest BCUT2D eigenvalue weighted by Crippen LogP contribution is 2.33. The van der Waals surface area contributed by atoms with Crippen molar-refractivity contribution in [3.8, 4) is 11.5 Å². The number of ether oxygens (including phenoxy) is 1. The first-order valence-corrected chi connectivity index (χ1v) is 6.53. The average Bonchev–Trinajstić information content (AvgIpc) is 2.41. The van der Waals surface area contributed by atoms with Gasteiger partial charge >= 0.3 is 0 Å². The van der Waals surface area contributed by atoms with Crippen molar-refractivity contribution in [2.45, 2.75) is 25.4 Å². The Balaban J connectivity index is 1.99. The maximum atomic E-state index is 11.1. The molecule has 2 rings (SSSR count). The van der Waals surface area contributed by atoms with E-state index in [1.807, 2.05) is 0 Å². The Morgan fingerprint density at radius 3 is 3.00 bits per heavy atom. The van der Waals surface area contributed by atoms with Gasteiger partial charge in [0.1, 0.15) is 0 Å². The van der Waals surface area contributed by atoms with Crippen LogP contribution >= 0.6 is 11.6 Å². The molecule has 1 unspecified atom stereocenters. The van der Waals surface area contributed by atoms with Crippen molar-refractivity contribution in [1.29, 1.82) is 0 Å². The summed E-state index contributed by atoms with van der Waals surface area (Å²) < 4.78 is 5.05. The third-order valence-corrected chi connectivity index (χ3v) is 3.40. The number of phenols is 1. The van der Waals surface area contributed by atoms with Gasteiger partial charge in [0, 0.05) is 42.2 Å². The van der Waals surface area contributed by atoms with Crippen LogP contribution in [-0.2, 0) is 11.3 Å². The molecule has 1 heterocycles.